The number of fused-ring (bicyclic) bond motifs is 1. The van der Waals surface area contributed by atoms with E-state index >= 15 is 0 Å². The predicted molar refractivity (Wildman–Crippen MR) is 96.8 cm³/mol. The molecule has 0 aliphatic carbocycles. The molecule has 138 valence electrons. The Labute approximate surface area is 148 Å². The number of rotatable bonds is 8. The van der Waals surface area contributed by atoms with Gasteiger partial charge in [0, 0.05) is 47.1 Å². The normalized spacial score (nSPS) is 12.0. The van der Waals surface area contributed by atoms with Crippen molar-refractivity contribution in [1.29, 1.82) is 0 Å². The van der Waals surface area contributed by atoms with Crippen LogP contribution in [-0.2, 0) is 28.3 Å². The number of aryl methyl sites for hydroxylation is 2. The van der Waals surface area contributed by atoms with Gasteiger partial charge in [0.15, 0.2) is 0 Å². The third-order valence-corrected chi connectivity index (χ3v) is 5.81. The molecule has 1 aromatic carbocycles. The molecular formula is C16H25N5O3S. The molecule has 2 N–H and O–H groups in total. The minimum atomic E-state index is -3.50. The Bertz CT molecular complexity index is 858. The Morgan fingerprint density at radius 1 is 1.28 bits per heavy atom. The van der Waals surface area contributed by atoms with Crippen LogP contribution >= 0.6 is 0 Å². The Kier molecular flexibility index (Phi) is 6.15. The van der Waals surface area contributed by atoms with E-state index in [1.165, 1.54) is 18.4 Å². The van der Waals surface area contributed by atoms with Crippen molar-refractivity contribution in [2.24, 2.45) is 7.05 Å². The molecule has 0 saturated heterocycles. The maximum absolute atomic E-state index is 12.2. The van der Waals surface area contributed by atoms with E-state index in [1.807, 2.05) is 18.7 Å². The summed E-state index contributed by atoms with van der Waals surface area (Å²) in [4.78, 5) is 16.5. The second-order valence-electron chi connectivity index (χ2n) is 5.98. The molecular weight excluding hydrogens is 342 g/mol. The van der Waals surface area contributed by atoms with Gasteiger partial charge in [-0.2, -0.15) is 0 Å². The lowest BCUT2D eigenvalue weighted by molar-refractivity contribution is -0.121. The van der Waals surface area contributed by atoms with Crippen molar-refractivity contribution in [1.82, 2.24) is 24.5 Å². The van der Waals surface area contributed by atoms with E-state index in [0.29, 0.717) is 24.9 Å². The van der Waals surface area contributed by atoms with Crippen LogP contribution in [0.1, 0.15) is 12.2 Å². The average Bonchev–Trinajstić information content (AvgIpc) is 2.88. The SMILES string of the molecule is CNCCNC(=O)CCc1nc2cc(S(=O)(=O)N(C)C)ccc2n1C. The number of hydrogen-bond acceptors (Lipinski definition) is 5. The molecule has 0 radical (unpaired) electrons. The fourth-order valence-corrected chi connectivity index (χ4v) is 3.39. The summed E-state index contributed by atoms with van der Waals surface area (Å²) in [5.74, 6) is 0.719. The lowest BCUT2D eigenvalue weighted by atomic mass is 10.3. The molecule has 2 aromatic rings. The minimum absolute atomic E-state index is 0.0295. The maximum atomic E-state index is 12.2. The molecule has 0 unspecified atom stereocenters. The van der Waals surface area contributed by atoms with E-state index in [2.05, 4.69) is 15.6 Å². The molecule has 1 amide bonds. The number of benzene rings is 1. The van der Waals surface area contributed by atoms with Crippen molar-refractivity contribution in [2.75, 3.05) is 34.2 Å². The van der Waals surface area contributed by atoms with Gasteiger partial charge in [0.05, 0.1) is 15.9 Å². The van der Waals surface area contributed by atoms with Crippen molar-refractivity contribution in [3.8, 4) is 0 Å². The summed E-state index contributed by atoms with van der Waals surface area (Å²) in [6.07, 6.45) is 0.829. The molecule has 0 bridgehead atoms. The molecule has 1 heterocycles. The van der Waals surface area contributed by atoms with Gasteiger partial charge in [-0.15, -0.1) is 0 Å². The van der Waals surface area contributed by atoms with Gasteiger partial charge in [-0.05, 0) is 25.2 Å². The summed E-state index contributed by atoms with van der Waals surface area (Å²) < 4.78 is 27.5. The van der Waals surface area contributed by atoms with E-state index in [1.54, 1.807) is 18.2 Å². The number of nitrogens with one attached hydrogen (secondary N) is 2. The van der Waals surface area contributed by atoms with Crippen molar-refractivity contribution in [3.63, 3.8) is 0 Å². The first-order valence-electron chi connectivity index (χ1n) is 8.06. The first kappa shape index (κ1) is 19.4. The third kappa shape index (κ3) is 4.36. The number of carbonyl (C=O) groups is 1. The van der Waals surface area contributed by atoms with Gasteiger partial charge in [0.2, 0.25) is 15.9 Å². The second-order valence-corrected chi connectivity index (χ2v) is 8.13. The van der Waals surface area contributed by atoms with Crippen LogP contribution in [0.3, 0.4) is 0 Å². The molecule has 0 aliphatic rings. The summed E-state index contributed by atoms with van der Waals surface area (Å²) in [6, 6.07) is 4.89. The summed E-state index contributed by atoms with van der Waals surface area (Å²) in [7, 11) is 3.19. The lowest BCUT2D eigenvalue weighted by Crippen LogP contribution is -2.30. The van der Waals surface area contributed by atoms with Crippen LogP contribution in [0.5, 0.6) is 0 Å². The Balaban J connectivity index is 2.17. The molecule has 0 saturated carbocycles. The molecule has 0 atom stereocenters. The highest BCUT2D eigenvalue weighted by atomic mass is 32.2. The summed E-state index contributed by atoms with van der Waals surface area (Å²) >= 11 is 0. The van der Waals surface area contributed by atoms with Crippen LogP contribution in [-0.4, -0.2) is 62.4 Å². The molecule has 2 rings (SSSR count). The zero-order chi connectivity index (χ0) is 18.6. The third-order valence-electron chi connectivity index (χ3n) is 4.00. The minimum Gasteiger partial charge on any atom is -0.355 e. The highest BCUT2D eigenvalue weighted by Gasteiger charge is 2.19. The first-order chi connectivity index (χ1) is 11.8. The monoisotopic (exact) mass is 367 g/mol. The fourth-order valence-electron chi connectivity index (χ4n) is 2.47. The zero-order valence-electron chi connectivity index (χ0n) is 15.0. The van der Waals surface area contributed by atoms with Crippen LogP contribution in [0.4, 0.5) is 0 Å². The van der Waals surface area contributed by atoms with Crippen molar-refractivity contribution >= 4 is 27.0 Å². The lowest BCUT2D eigenvalue weighted by Gasteiger charge is -2.10. The summed E-state index contributed by atoms with van der Waals surface area (Å²) in [6.45, 7) is 1.31. The van der Waals surface area contributed by atoms with Crippen LogP contribution in [0.25, 0.3) is 11.0 Å². The zero-order valence-corrected chi connectivity index (χ0v) is 15.9. The van der Waals surface area contributed by atoms with Crippen LogP contribution in [0.2, 0.25) is 0 Å². The van der Waals surface area contributed by atoms with Crippen LogP contribution in [0.15, 0.2) is 23.1 Å². The molecule has 9 heteroatoms. The predicted octanol–water partition coefficient (Wildman–Crippen LogP) is 0.0918. The number of imidazole rings is 1. The van der Waals surface area contributed by atoms with Crippen LogP contribution < -0.4 is 10.6 Å². The smallest absolute Gasteiger partial charge is 0.242 e. The van der Waals surface area contributed by atoms with Crippen molar-refractivity contribution < 1.29 is 13.2 Å². The Morgan fingerprint density at radius 3 is 2.64 bits per heavy atom. The van der Waals surface area contributed by atoms with Crippen molar-refractivity contribution in [2.45, 2.75) is 17.7 Å². The molecule has 0 aliphatic heterocycles. The van der Waals surface area contributed by atoms with E-state index in [0.717, 1.165) is 17.9 Å². The van der Waals surface area contributed by atoms with E-state index in [9.17, 15) is 13.2 Å². The van der Waals surface area contributed by atoms with E-state index < -0.39 is 10.0 Å². The van der Waals surface area contributed by atoms with Gasteiger partial charge in [0.1, 0.15) is 5.82 Å². The number of sulfonamides is 1. The largest absolute Gasteiger partial charge is 0.355 e. The molecule has 25 heavy (non-hydrogen) atoms. The number of nitrogens with zero attached hydrogens (tertiary/aromatic N) is 3. The van der Waals surface area contributed by atoms with Gasteiger partial charge in [-0.1, -0.05) is 0 Å². The van der Waals surface area contributed by atoms with Gasteiger partial charge in [-0.3, -0.25) is 4.79 Å². The van der Waals surface area contributed by atoms with E-state index in [-0.39, 0.29) is 10.8 Å². The Morgan fingerprint density at radius 2 is 2.00 bits per heavy atom. The number of amides is 1. The molecule has 8 nitrogen and oxygen atoms in total. The summed E-state index contributed by atoms with van der Waals surface area (Å²) in [5, 5.41) is 5.79. The number of likely N-dealkylation sites (N-methyl/N-ethyl adjacent to an activating group) is 1. The highest BCUT2D eigenvalue weighted by molar-refractivity contribution is 7.89. The number of carbonyl (C=O) groups excluding carboxylic acids is 1. The molecule has 0 spiro atoms. The Hall–Kier alpha value is -1.97. The maximum Gasteiger partial charge on any atom is 0.242 e. The first-order valence-corrected chi connectivity index (χ1v) is 9.50. The summed E-state index contributed by atoms with van der Waals surface area (Å²) in [5.41, 5.74) is 1.44. The average molecular weight is 367 g/mol. The van der Waals surface area contributed by atoms with Gasteiger partial charge in [0.25, 0.3) is 0 Å². The van der Waals surface area contributed by atoms with Gasteiger partial charge >= 0.3 is 0 Å². The molecule has 0 fully saturated rings. The van der Waals surface area contributed by atoms with Crippen LogP contribution in [0, 0.1) is 0 Å². The van der Waals surface area contributed by atoms with Gasteiger partial charge in [-0.25, -0.2) is 17.7 Å². The second kappa shape index (κ2) is 7.94. The van der Waals surface area contributed by atoms with Gasteiger partial charge < -0.3 is 15.2 Å². The van der Waals surface area contributed by atoms with E-state index in [4.69, 9.17) is 0 Å². The number of aromatic nitrogens is 2. The number of hydrogen-bond donors (Lipinski definition) is 2. The fraction of sp³-hybridized carbons (Fsp3) is 0.500. The standard InChI is InChI=1S/C16H25N5O3S/c1-17-9-10-18-16(22)8-7-15-19-13-11-12(25(23,24)20(2)3)5-6-14(13)21(15)4/h5-6,11,17H,7-10H2,1-4H3,(H,18,22). The highest BCUT2D eigenvalue weighted by Crippen LogP contribution is 2.21. The molecule has 1 aromatic heterocycles. The quantitative estimate of drug-likeness (QED) is 0.645. The van der Waals surface area contributed by atoms with Crippen molar-refractivity contribution in [3.05, 3.63) is 24.0 Å². The topological polar surface area (TPSA) is 96.3 Å².